The molecule has 4 rings (SSSR count). The van der Waals surface area contributed by atoms with E-state index in [0.717, 1.165) is 4.47 Å². The van der Waals surface area contributed by atoms with Gasteiger partial charge in [0.15, 0.2) is 11.7 Å². The molecule has 186 valence electrons. The summed E-state index contributed by atoms with van der Waals surface area (Å²) in [5.74, 6) is -0.457. The minimum Gasteiger partial charge on any atom is -0.495 e. The van der Waals surface area contributed by atoms with Gasteiger partial charge < -0.3 is 20.1 Å². The maximum Gasteiger partial charge on any atom is 0.410 e. The Kier molecular flexibility index (Phi) is 7.12. The molecule has 0 saturated carbocycles. The molecule has 35 heavy (non-hydrogen) atoms. The molecule has 1 amide bonds. The summed E-state index contributed by atoms with van der Waals surface area (Å²) < 4.78 is 53.9. The zero-order valence-electron chi connectivity index (χ0n) is 18.2. The van der Waals surface area contributed by atoms with Gasteiger partial charge in [0, 0.05) is 23.0 Å². The Morgan fingerprint density at radius 2 is 1.83 bits per heavy atom. The topological polar surface area (TPSA) is 77.4 Å². The van der Waals surface area contributed by atoms with Crippen LogP contribution in [0.3, 0.4) is 0 Å². The number of amides is 1. The summed E-state index contributed by atoms with van der Waals surface area (Å²) in [5.41, 5.74) is 0.430. The van der Waals surface area contributed by atoms with Gasteiger partial charge in [-0.2, -0.15) is 18.3 Å². The van der Waals surface area contributed by atoms with Crippen molar-refractivity contribution >= 4 is 56.5 Å². The van der Waals surface area contributed by atoms with Gasteiger partial charge in [-0.05, 0) is 17.7 Å². The number of carbonyl (C=O) groups excluding carboxylic acids is 1. The summed E-state index contributed by atoms with van der Waals surface area (Å²) in [7, 11) is 2.76. The Labute approximate surface area is 216 Å². The highest BCUT2D eigenvalue weighted by molar-refractivity contribution is 9.10. The smallest absolute Gasteiger partial charge is 0.410 e. The van der Waals surface area contributed by atoms with Gasteiger partial charge in [0.1, 0.15) is 22.3 Å². The van der Waals surface area contributed by atoms with E-state index in [0.29, 0.717) is 10.2 Å². The molecule has 13 heteroatoms. The highest BCUT2D eigenvalue weighted by atomic mass is 79.9. The highest BCUT2D eigenvalue weighted by Gasteiger charge is 2.48. The van der Waals surface area contributed by atoms with Crippen molar-refractivity contribution in [1.29, 1.82) is 0 Å². The van der Waals surface area contributed by atoms with Crippen LogP contribution in [0.2, 0.25) is 10.0 Å². The second-order valence-corrected chi connectivity index (χ2v) is 9.34. The third kappa shape index (κ3) is 5.03. The molecule has 0 saturated heterocycles. The van der Waals surface area contributed by atoms with Gasteiger partial charge in [-0.1, -0.05) is 51.3 Å². The number of hydrogen-bond acceptors (Lipinski definition) is 5. The van der Waals surface area contributed by atoms with Gasteiger partial charge in [-0.3, -0.25) is 4.79 Å². The van der Waals surface area contributed by atoms with E-state index in [4.69, 9.17) is 32.7 Å². The number of carbonyl (C=O) groups is 1. The summed E-state index contributed by atoms with van der Waals surface area (Å²) >= 11 is 15.8. The number of rotatable bonds is 5. The number of aromatic nitrogens is 2. The van der Waals surface area contributed by atoms with E-state index < -0.39 is 24.2 Å². The van der Waals surface area contributed by atoms with Crippen LogP contribution in [0.25, 0.3) is 0 Å². The predicted molar refractivity (Wildman–Crippen MR) is 130 cm³/mol. The maximum absolute atomic E-state index is 14.0. The van der Waals surface area contributed by atoms with Crippen LogP contribution >= 0.6 is 39.1 Å². The van der Waals surface area contributed by atoms with E-state index in [1.165, 1.54) is 26.4 Å². The number of hydrogen-bond donors (Lipinski definition) is 2. The monoisotopic (exact) mass is 592 g/mol. The molecule has 3 aromatic rings. The molecule has 2 heterocycles. The Hall–Kier alpha value is -2.63. The van der Waals surface area contributed by atoms with Crippen molar-refractivity contribution < 1.29 is 27.4 Å². The molecule has 1 aliphatic heterocycles. The average molecular weight is 594 g/mol. The number of benzene rings is 2. The maximum atomic E-state index is 14.0. The van der Waals surface area contributed by atoms with Crippen molar-refractivity contribution in [1.82, 2.24) is 9.78 Å². The lowest BCUT2D eigenvalue weighted by atomic mass is 9.97. The molecule has 7 nitrogen and oxygen atoms in total. The number of nitrogens with zero attached hydrogens (tertiary/aromatic N) is 2. The van der Waals surface area contributed by atoms with Gasteiger partial charge in [-0.25, -0.2) is 4.68 Å². The molecule has 0 spiro atoms. The van der Waals surface area contributed by atoms with E-state index >= 15 is 0 Å². The molecule has 0 unspecified atom stereocenters. The van der Waals surface area contributed by atoms with Crippen LogP contribution in [0.4, 0.5) is 24.7 Å². The second kappa shape index (κ2) is 9.79. The van der Waals surface area contributed by atoms with Crippen LogP contribution in [0, 0.1) is 0 Å². The standard InChI is InChI=1S/C22H18BrCl2F3N4O3/c1-34-15-8-14(16(35-2)7-12(15)24)30-21(33)19-18(25)20-29-13(10-3-5-11(23)6-4-10)9-17(22(26,27)28)32(20)31-19/h3-8,13,17,29H,9H2,1-2H3,(H,30,33)/t13-,17+/m1/s1. The predicted octanol–water partition coefficient (Wildman–Crippen LogP) is 6.88. The van der Waals surface area contributed by atoms with E-state index in [9.17, 15) is 18.0 Å². The van der Waals surface area contributed by atoms with Crippen molar-refractivity contribution in [2.45, 2.75) is 24.7 Å². The number of nitrogens with one attached hydrogen (secondary N) is 2. The summed E-state index contributed by atoms with van der Waals surface area (Å²) in [5, 5.41) is 9.50. The van der Waals surface area contributed by atoms with Crippen LogP contribution in [0.15, 0.2) is 40.9 Å². The number of methoxy groups -OCH3 is 2. The van der Waals surface area contributed by atoms with E-state index in [2.05, 4.69) is 31.7 Å². The van der Waals surface area contributed by atoms with E-state index in [-0.39, 0.29) is 45.2 Å². The fourth-order valence-electron chi connectivity index (χ4n) is 3.79. The molecule has 0 aliphatic carbocycles. The largest absolute Gasteiger partial charge is 0.495 e. The van der Waals surface area contributed by atoms with Gasteiger partial charge in [-0.15, -0.1) is 0 Å². The molecule has 0 fully saturated rings. The molecule has 2 aromatic carbocycles. The fourth-order valence-corrected chi connectivity index (χ4v) is 4.55. The van der Waals surface area contributed by atoms with Gasteiger partial charge in [0.25, 0.3) is 5.91 Å². The molecular weight excluding hydrogens is 576 g/mol. The SMILES string of the molecule is COc1cc(NC(=O)c2nn3c(c2Cl)N[C@@H](c2ccc(Br)cc2)C[C@H]3C(F)(F)F)c(OC)cc1Cl. The molecule has 0 radical (unpaired) electrons. The van der Waals surface area contributed by atoms with Crippen molar-refractivity contribution in [3.63, 3.8) is 0 Å². The number of anilines is 2. The zero-order chi connectivity index (χ0) is 25.5. The number of fused-ring (bicyclic) bond motifs is 1. The Morgan fingerprint density at radius 1 is 1.17 bits per heavy atom. The lowest BCUT2D eigenvalue weighted by molar-refractivity contribution is -0.173. The summed E-state index contributed by atoms with van der Waals surface area (Å²) in [6.45, 7) is 0. The van der Waals surface area contributed by atoms with Crippen LogP contribution < -0.4 is 20.1 Å². The molecular formula is C22H18BrCl2F3N4O3. The number of alkyl halides is 3. The molecule has 1 aliphatic rings. The van der Waals surface area contributed by atoms with Crippen LogP contribution in [-0.4, -0.2) is 36.1 Å². The average Bonchev–Trinajstić information content (AvgIpc) is 3.15. The second-order valence-electron chi connectivity index (χ2n) is 7.64. The Bertz CT molecular complexity index is 1270. The first kappa shape index (κ1) is 25.5. The van der Waals surface area contributed by atoms with Crippen LogP contribution in [0.5, 0.6) is 11.5 Å². The fraction of sp³-hybridized carbons (Fsp3) is 0.273. The number of halogens is 6. The van der Waals surface area contributed by atoms with Crippen molar-refractivity contribution in [3.05, 3.63) is 62.2 Å². The van der Waals surface area contributed by atoms with Crippen molar-refractivity contribution in [2.24, 2.45) is 0 Å². The minimum atomic E-state index is -4.62. The Balaban J connectivity index is 1.71. The quantitative estimate of drug-likeness (QED) is 0.337. The van der Waals surface area contributed by atoms with E-state index in [1.54, 1.807) is 24.3 Å². The van der Waals surface area contributed by atoms with Gasteiger partial charge in [0.2, 0.25) is 0 Å². The van der Waals surface area contributed by atoms with Crippen molar-refractivity contribution in [3.8, 4) is 11.5 Å². The molecule has 2 N–H and O–H groups in total. The lowest BCUT2D eigenvalue weighted by Crippen LogP contribution is -2.35. The van der Waals surface area contributed by atoms with Crippen LogP contribution in [0.1, 0.15) is 34.6 Å². The number of ether oxygens (including phenoxy) is 2. The third-order valence-corrected chi connectivity index (χ3v) is 6.69. The van der Waals surface area contributed by atoms with Gasteiger partial charge in [0.05, 0.1) is 31.0 Å². The summed E-state index contributed by atoms with van der Waals surface area (Å²) in [4.78, 5) is 13.0. The highest BCUT2D eigenvalue weighted by Crippen LogP contribution is 2.46. The molecule has 1 aromatic heterocycles. The van der Waals surface area contributed by atoms with E-state index in [1.807, 2.05) is 0 Å². The Morgan fingerprint density at radius 3 is 2.43 bits per heavy atom. The van der Waals surface area contributed by atoms with Crippen LogP contribution in [-0.2, 0) is 0 Å². The first-order valence-electron chi connectivity index (χ1n) is 10.1. The first-order chi connectivity index (χ1) is 16.5. The summed E-state index contributed by atoms with van der Waals surface area (Å²) in [6.07, 6.45) is -4.96. The first-order valence-corrected chi connectivity index (χ1v) is 11.7. The zero-order valence-corrected chi connectivity index (χ0v) is 21.3. The molecule has 2 atom stereocenters. The summed E-state index contributed by atoms with van der Waals surface area (Å²) in [6, 6.07) is 7.05. The van der Waals surface area contributed by atoms with Gasteiger partial charge >= 0.3 is 6.18 Å². The molecule has 0 bridgehead atoms. The minimum absolute atomic E-state index is 0.0982. The van der Waals surface area contributed by atoms with Crippen molar-refractivity contribution in [2.75, 3.05) is 24.9 Å². The third-order valence-electron chi connectivity index (χ3n) is 5.51. The normalized spacial score (nSPS) is 17.4. The lowest BCUT2D eigenvalue weighted by Gasteiger charge is -2.33.